The van der Waals surface area contributed by atoms with Crippen LogP contribution in [0.3, 0.4) is 0 Å². The number of ketones is 4. The van der Waals surface area contributed by atoms with E-state index in [0.717, 1.165) is 12.2 Å². The van der Waals surface area contributed by atoms with Crippen LogP contribution in [0, 0.1) is 5.92 Å². The van der Waals surface area contributed by atoms with Crippen LogP contribution in [0.5, 0.6) is 11.5 Å². The van der Waals surface area contributed by atoms with E-state index in [-0.39, 0.29) is 22.6 Å². The summed E-state index contributed by atoms with van der Waals surface area (Å²) in [6.45, 7) is -3.83. The summed E-state index contributed by atoms with van der Waals surface area (Å²) in [5, 5.41) is 211. The minimum atomic E-state index is -4.13. The zero-order chi connectivity index (χ0) is 54.6. The van der Waals surface area contributed by atoms with Crippen molar-refractivity contribution in [1.29, 1.82) is 0 Å². The zero-order valence-corrected chi connectivity index (χ0v) is 38.1. The molecule has 0 amide bonds. The van der Waals surface area contributed by atoms with E-state index in [1.165, 1.54) is 48.5 Å². The maximum atomic E-state index is 15.4. The van der Waals surface area contributed by atoms with Crippen molar-refractivity contribution in [1.82, 2.24) is 0 Å². The lowest BCUT2D eigenvalue weighted by Gasteiger charge is -2.47. The molecule has 7 rings (SSSR count). The van der Waals surface area contributed by atoms with E-state index in [4.69, 9.17) is 14.2 Å². The molecule has 0 aromatic heterocycles. The molecule has 2 saturated heterocycles. The molecule has 0 unspecified atom stereocenters. The number of hydrogen-bond acceptors (Lipinski definition) is 26. The van der Waals surface area contributed by atoms with Gasteiger partial charge in [0.25, 0.3) is 0 Å². The van der Waals surface area contributed by atoms with E-state index in [1.54, 1.807) is 0 Å². The molecule has 2 aromatic rings. The predicted octanol–water partition coefficient (Wildman–Crippen LogP) is -5.94. The lowest BCUT2D eigenvalue weighted by molar-refractivity contribution is -0.264. The summed E-state index contributed by atoms with van der Waals surface area (Å²) in [5.41, 5.74) is -13.7. The van der Waals surface area contributed by atoms with Gasteiger partial charge in [0, 0.05) is 5.57 Å². The molecular weight excluding hydrogens is 993 g/mol. The molecule has 2 aromatic carbocycles. The van der Waals surface area contributed by atoms with E-state index >= 15 is 4.79 Å². The molecular formula is C48H52O26. The molecule has 26 heteroatoms. The highest BCUT2D eigenvalue weighted by Crippen LogP contribution is 2.54. The van der Waals surface area contributed by atoms with Crippen LogP contribution >= 0.6 is 0 Å². The number of phenolic OH excluding ortho intramolecular Hbond substituents is 2. The first-order chi connectivity index (χ1) is 34.8. The number of phenols is 2. The Balaban J connectivity index is 1.58. The maximum absolute atomic E-state index is 15.4. The Bertz CT molecular complexity index is 2720. The zero-order valence-electron chi connectivity index (χ0n) is 38.1. The molecule has 0 saturated carbocycles. The van der Waals surface area contributed by atoms with Crippen molar-refractivity contribution < 1.29 is 130 Å². The molecule has 5 aliphatic rings. The van der Waals surface area contributed by atoms with Gasteiger partial charge in [-0.15, -0.1) is 0 Å². The number of ether oxygens (including phenoxy) is 3. The number of carbonyl (C=O) groups excluding carboxylic acids is 4. The Kier molecular flexibility index (Phi) is 15.9. The van der Waals surface area contributed by atoms with Gasteiger partial charge in [-0.3, -0.25) is 19.2 Å². The van der Waals surface area contributed by atoms with Gasteiger partial charge in [0.15, 0.2) is 5.78 Å². The summed E-state index contributed by atoms with van der Waals surface area (Å²) in [6.07, 6.45) is -31.7. The summed E-state index contributed by atoms with van der Waals surface area (Å²) in [6, 6.07) is 9.81. The highest BCUT2D eigenvalue weighted by Gasteiger charge is 2.70. The van der Waals surface area contributed by atoms with Gasteiger partial charge >= 0.3 is 0 Å². The summed E-state index contributed by atoms with van der Waals surface area (Å²) >= 11 is 0. The van der Waals surface area contributed by atoms with Crippen LogP contribution in [-0.4, -0.2) is 237 Å². The maximum Gasteiger partial charge on any atom is 0.219 e. The second kappa shape index (κ2) is 21.2. The van der Waals surface area contributed by atoms with Crippen LogP contribution in [0.2, 0.25) is 0 Å². The topological polar surface area (TPSA) is 480 Å². The molecule has 17 atom stereocenters. The van der Waals surface area contributed by atoms with Crippen molar-refractivity contribution in [3.05, 3.63) is 117 Å². The first-order valence-corrected chi connectivity index (χ1v) is 22.4. The molecule has 0 radical (unpaired) electrons. The highest BCUT2D eigenvalue weighted by molar-refractivity contribution is 6.30. The van der Waals surface area contributed by atoms with Crippen molar-refractivity contribution in [2.45, 2.75) is 96.7 Å². The van der Waals surface area contributed by atoms with Crippen molar-refractivity contribution in [3.63, 3.8) is 0 Å². The summed E-state index contributed by atoms with van der Waals surface area (Å²) < 4.78 is 16.9. The summed E-state index contributed by atoms with van der Waals surface area (Å²) in [5.74, 6) is -17.5. The van der Waals surface area contributed by atoms with Crippen LogP contribution in [0.4, 0.5) is 0 Å². The Labute approximate surface area is 416 Å². The Morgan fingerprint density at radius 2 is 1.08 bits per heavy atom. The second-order valence-electron chi connectivity index (χ2n) is 18.0. The molecule has 3 heterocycles. The third-order valence-corrected chi connectivity index (χ3v) is 13.5. The number of aliphatic hydroxyl groups is 17. The van der Waals surface area contributed by atoms with Crippen LogP contribution in [-0.2, 0) is 33.4 Å². The lowest BCUT2D eigenvalue weighted by atomic mass is 9.65. The van der Waals surface area contributed by atoms with Crippen LogP contribution in [0.15, 0.2) is 106 Å². The fraction of sp³-hybridized carbons (Fsp3) is 0.417. The minimum absolute atomic E-state index is 0.143. The smallest absolute Gasteiger partial charge is 0.219 e. The Morgan fingerprint density at radius 1 is 0.608 bits per heavy atom. The van der Waals surface area contributed by atoms with Gasteiger partial charge in [-0.2, -0.15) is 0 Å². The number of hydrogen-bond donors (Lipinski definition) is 19. The molecule has 19 N–H and O–H groups in total. The van der Waals surface area contributed by atoms with Gasteiger partial charge < -0.3 is 111 Å². The van der Waals surface area contributed by atoms with E-state index in [9.17, 15) is 111 Å². The summed E-state index contributed by atoms with van der Waals surface area (Å²) in [4.78, 5) is 59.4. The van der Waals surface area contributed by atoms with Crippen molar-refractivity contribution >= 4 is 35.3 Å². The molecule has 2 fully saturated rings. The van der Waals surface area contributed by atoms with E-state index in [1.807, 2.05) is 0 Å². The van der Waals surface area contributed by atoms with Gasteiger partial charge in [0.1, 0.15) is 131 Å². The molecule has 0 bridgehead atoms. The molecule has 26 nitrogen and oxygen atoms in total. The fourth-order valence-corrected chi connectivity index (χ4v) is 9.46. The monoisotopic (exact) mass is 1040 g/mol. The number of benzene rings is 2. The molecule has 0 spiro atoms. The first-order valence-electron chi connectivity index (χ1n) is 22.4. The first kappa shape index (κ1) is 55.5. The molecule has 400 valence electrons. The van der Waals surface area contributed by atoms with E-state index in [2.05, 4.69) is 0 Å². The molecule has 74 heavy (non-hydrogen) atoms. The van der Waals surface area contributed by atoms with E-state index < -0.39 is 191 Å². The number of allylic oxidation sites excluding steroid dienone is 4. The number of rotatable bonds is 14. The number of carbonyl (C=O) groups is 4. The molecule has 2 aliphatic carbocycles. The second-order valence-corrected chi connectivity index (χ2v) is 18.0. The largest absolute Gasteiger partial charge is 0.508 e. The molecule has 3 aliphatic heterocycles. The summed E-state index contributed by atoms with van der Waals surface area (Å²) in [7, 11) is 0. The number of Topliss-reactive ketones (excluding diaryl/α,β-unsaturated/α-hetero) is 3. The number of aliphatic hydroxyl groups excluding tert-OH is 15. The SMILES string of the molecule is O=C(/C=C/c1ccc(O)cc1)C1=C(O)C2=C(O[C@H]([C@@H](O)[C@H](O)[C@H](O)CO)[C@H]2C2=C(O)/C(=C(O)/C=C/c3ccc(O)cc3)C(=O)[C@@](O)([C@@H]3O[C@H](CO)[C@@H](O)[C@H](O)[C@H]3O)C2=O)[C@@](O)([C@@H]2O[C@H](CO)[C@@H](O)[C@H](O)[C@H]2O)C1=O. The lowest BCUT2D eigenvalue weighted by Crippen LogP contribution is -2.71. The highest BCUT2D eigenvalue weighted by atomic mass is 16.6. The van der Waals surface area contributed by atoms with Crippen LogP contribution in [0.25, 0.3) is 12.2 Å². The van der Waals surface area contributed by atoms with Gasteiger partial charge in [-0.05, 0) is 47.5 Å². The van der Waals surface area contributed by atoms with Crippen molar-refractivity contribution in [2.24, 2.45) is 5.92 Å². The number of aromatic hydroxyl groups is 2. The quantitative estimate of drug-likeness (QED) is 0.0362. The van der Waals surface area contributed by atoms with Gasteiger partial charge in [-0.25, -0.2) is 0 Å². The standard InChI is InChI=1S/C48H52O26/c49-13-22(56)30(57)37(64)40-27(28-33(60)25(20(54)11-5-16-1-7-18(52)8-2-16)41(67)47(70,43(28)69)45-38(65)35(62)31(58)23(14-50)72-45)29-34(61)26(21(55)12-6-17-3-9-19(53)10-4-17)42(68)48(71,44(29)74-40)46-39(66)36(63)32(59)24(15-51)73-46/h1-12,22-24,27,30-32,35-40,45-46,49-54,56-66,70-71H,13-15H2/b11-5+,12-6+,25-20+/t22-,23-,24-,27+,30-,31-,32-,35+,36+,37+,38-,39-,40+,45-,46-,47+,48-/m1/s1. The minimum Gasteiger partial charge on any atom is -0.508 e. The average molecular weight is 1040 g/mol. The van der Waals surface area contributed by atoms with Gasteiger partial charge in [0.05, 0.1) is 31.3 Å². The van der Waals surface area contributed by atoms with Gasteiger partial charge in [0.2, 0.25) is 28.6 Å². The Hall–Kier alpha value is -6.28. The predicted molar refractivity (Wildman–Crippen MR) is 241 cm³/mol. The van der Waals surface area contributed by atoms with Crippen LogP contribution < -0.4 is 0 Å². The van der Waals surface area contributed by atoms with Gasteiger partial charge in [-0.1, -0.05) is 36.4 Å². The third-order valence-electron chi connectivity index (χ3n) is 13.5. The normalized spacial score (nSPS) is 35.8. The third kappa shape index (κ3) is 9.12. The van der Waals surface area contributed by atoms with Crippen LogP contribution in [0.1, 0.15) is 11.1 Å². The van der Waals surface area contributed by atoms with Crippen molar-refractivity contribution in [3.8, 4) is 11.5 Å². The van der Waals surface area contributed by atoms with Crippen molar-refractivity contribution in [2.75, 3.05) is 19.8 Å². The Morgan fingerprint density at radius 3 is 1.55 bits per heavy atom. The average Bonchev–Trinajstić information content (AvgIpc) is 3.78. The van der Waals surface area contributed by atoms with E-state index in [0.29, 0.717) is 12.2 Å². The fourth-order valence-electron chi connectivity index (χ4n) is 9.46.